The molecule has 2 saturated carbocycles. The van der Waals surface area contributed by atoms with E-state index in [0.29, 0.717) is 24.4 Å². The summed E-state index contributed by atoms with van der Waals surface area (Å²) in [5.74, 6) is -2.60. The first-order valence-electron chi connectivity index (χ1n) is 16.1. The minimum Gasteiger partial charge on any atom is -0.475 e. The van der Waals surface area contributed by atoms with Crippen molar-refractivity contribution in [2.75, 3.05) is 6.54 Å². The topological polar surface area (TPSA) is 195 Å². The summed E-state index contributed by atoms with van der Waals surface area (Å²) in [7, 11) is 0. The van der Waals surface area contributed by atoms with E-state index in [4.69, 9.17) is 32.2 Å². The number of rotatable bonds is 11. The molecule has 2 atom stereocenters. The number of amidine groups is 2. The third-order valence-corrected chi connectivity index (χ3v) is 9.56. The van der Waals surface area contributed by atoms with E-state index in [1.54, 1.807) is 12.1 Å². The number of carbonyl (C=O) groups excluding carboxylic acids is 2. The second-order valence-electron chi connectivity index (χ2n) is 12.5. The molecule has 2 aliphatic carbocycles. The van der Waals surface area contributed by atoms with E-state index >= 15 is 0 Å². The molecule has 14 heteroatoms. The van der Waals surface area contributed by atoms with Crippen LogP contribution < -0.4 is 22.1 Å². The molecule has 0 heterocycles. The second-order valence-corrected chi connectivity index (χ2v) is 13.4. The van der Waals surface area contributed by atoms with E-state index in [1.165, 1.54) is 0 Å². The first-order chi connectivity index (χ1) is 22.6. The molecule has 9 N–H and O–H groups in total. The molecule has 0 bridgehead atoms. The van der Waals surface area contributed by atoms with Gasteiger partial charge in [-0.2, -0.15) is 13.2 Å². The highest BCUT2D eigenvalue weighted by Gasteiger charge is 2.38. The lowest BCUT2D eigenvalue weighted by atomic mass is 9.81. The van der Waals surface area contributed by atoms with Gasteiger partial charge in [0, 0.05) is 22.5 Å². The van der Waals surface area contributed by atoms with Gasteiger partial charge in [-0.25, -0.2) is 4.79 Å². The van der Waals surface area contributed by atoms with Crippen molar-refractivity contribution in [2.45, 2.75) is 82.3 Å². The van der Waals surface area contributed by atoms with Crippen LogP contribution in [0.1, 0.15) is 80.4 Å². The van der Waals surface area contributed by atoms with E-state index in [-0.39, 0.29) is 35.3 Å². The highest BCUT2D eigenvalue weighted by atomic mass is 79.9. The Labute approximate surface area is 286 Å². The number of nitrogen functional groups attached to an aromatic ring is 1. The molecule has 0 radical (unpaired) electrons. The maximum Gasteiger partial charge on any atom is 0.490 e. The van der Waals surface area contributed by atoms with Crippen LogP contribution in [-0.4, -0.2) is 53.3 Å². The average Bonchev–Trinajstić information content (AvgIpc) is 3.05. The van der Waals surface area contributed by atoms with Gasteiger partial charge in [0.25, 0.3) is 0 Å². The van der Waals surface area contributed by atoms with Gasteiger partial charge >= 0.3 is 12.1 Å². The van der Waals surface area contributed by atoms with E-state index < -0.39 is 24.1 Å². The van der Waals surface area contributed by atoms with Gasteiger partial charge in [0.15, 0.2) is 0 Å². The second kappa shape index (κ2) is 18.0. The third kappa shape index (κ3) is 11.9. The summed E-state index contributed by atoms with van der Waals surface area (Å²) in [5.41, 5.74) is 13.8. The number of halogens is 4. The lowest BCUT2D eigenvalue weighted by molar-refractivity contribution is -0.192. The van der Waals surface area contributed by atoms with Gasteiger partial charge in [0.1, 0.15) is 11.9 Å². The van der Waals surface area contributed by atoms with Crippen molar-refractivity contribution < 1.29 is 32.7 Å². The molecule has 2 aromatic carbocycles. The Balaban J connectivity index is 0.000000804. The molecule has 262 valence electrons. The Morgan fingerprint density at radius 3 is 2.04 bits per heavy atom. The lowest BCUT2D eigenvalue weighted by Gasteiger charge is -2.32. The Kier molecular flexibility index (Phi) is 14.4. The molecule has 0 spiro atoms. The molecule has 0 aromatic heterocycles. The number of benzene rings is 2. The predicted octanol–water partition coefficient (Wildman–Crippen LogP) is 5.62. The van der Waals surface area contributed by atoms with E-state index in [2.05, 4.69) is 26.6 Å². The normalized spacial score (nSPS) is 19.5. The zero-order valence-electron chi connectivity index (χ0n) is 26.6. The number of nitrogens with one attached hydrogen (secondary N) is 4. The summed E-state index contributed by atoms with van der Waals surface area (Å²) in [4.78, 5) is 36.5. The number of carboxylic acid groups (broad SMARTS) is 1. The molecule has 4 rings (SSSR count). The van der Waals surface area contributed by atoms with Crippen molar-refractivity contribution in [3.8, 4) is 0 Å². The van der Waals surface area contributed by atoms with Gasteiger partial charge < -0.3 is 27.2 Å². The van der Waals surface area contributed by atoms with Crippen molar-refractivity contribution in [1.29, 1.82) is 10.8 Å². The summed E-state index contributed by atoms with van der Waals surface area (Å²) in [5, 5.41) is 28.9. The monoisotopic (exact) mass is 736 g/mol. The molecule has 10 nitrogen and oxygen atoms in total. The zero-order chi connectivity index (χ0) is 35.4. The molecule has 0 aliphatic heterocycles. The molecule has 0 saturated heterocycles. The van der Waals surface area contributed by atoms with Crippen LogP contribution in [0.2, 0.25) is 0 Å². The summed E-state index contributed by atoms with van der Waals surface area (Å²) >= 11 is 3.54. The standard InChI is InChI=1S/C32H43BrN6O2.C2HF3O2/c33-26-8-4-7-25(18-26)27(17-20-9-13-23(14-10-20)29(34)35)31(40)39-28(22-5-2-1-3-6-22)32(41)38-19-21-11-15-24(16-12-21)30(36)37;3-2(4,5)1(6)7/h4,7-10,13-14,18,21-22,24,27-28H,1-3,5-6,11-12,15-17,19H2,(H3,34,35)(H3,36,37)(H,38,41)(H,39,40);(H,6,7)/t21?,24?,27?,28-;/m0./s1. The highest BCUT2D eigenvalue weighted by Crippen LogP contribution is 2.31. The van der Waals surface area contributed by atoms with Crippen LogP contribution in [0.3, 0.4) is 0 Å². The van der Waals surface area contributed by atoms with Gasteiger partial charge in [-0.15, -0.1) is 0 Å². The summed E-state index contributed by atoms with van der Waals surface area (Å²) in [6.45, 7) is 0.583. The van der Waals surface area contributed by atoms with Crippen molar-refractivity contribution in [1.82, 2.24) is 10.6 Å². The van der Waals surface area contributed by atoms with Crippen LogP contribution in [0.25, 0.3) is 0 Å². The molecule has 48 heavy (non-hydrogen) atoms. The quantitative estimate of drug-likeness (QED) is 0.116. The Morgan fingerprint density at radius 2 is 1.52 bits per heavy atom. The van der Waals surface area contributed by atoms with Crippen molar-refractivity contribution in [2.24, 2.45) is 29.2 Å². The van der Waals surface area contributed by atoms with Crippen LogP contribution >= 0.6 is 15.9 Å². The van der Waals surface area contributed by atoms with Gasteiger partial charge in [0.05, 0.1) is 11.8 Å². The molecule has 2 amide bonds. The minimum atomic E-state index is -5.08. The number of nitrogens with two attached hydrogens (primary N) is 2. The fourth-order valence-corrected chi connectivity index (χ4v) is 6.71. The zero-order valence-corrected chi connectivity index (χ0v) is 28.2. The molecule has 1 unspecified atom stereocenters. The van der Waals surface area contributed by atoms with Crippen LogP contribution in [0.5, 0.6) is 0 Å². The summed E-state index contributed by atoms with van der Waals surface area (Å²) in [6, 6.07) is 14.6. The van der Waals surface area contributed by atoms with Crippen LogP contribution in [0.4, 0.5) is 13.2 Å². The minimum absolute atomic E-state index is 0.00562. The van der Waals surface area contributed by atoms with Crippen molar-refractivity contribution in [3.63, 3.8) is 0 Å². The third-order valence-electron chi connectivity index (χ3n) is 9.07. The maximum absolute atomic E-state index is 14.0. The number of hydrogen-bond donors (Lipinski definition) is 7. The van der Waals surface area contributed by atoms with E-state index in [9.17, 15) is 22.8 Å². The first-order valence-corrected chi connectivity index (χ1v) is 16.9. The van der Waals surface area contributed by atoms with Gasteiger partial charge in [-0.3, -0.25) is 20.4 Å². The van der Waals surface area contributed by atoms with E-state index in [0.717, 1.165) is 73.4 Å². The first kappa shape index (κ1) is 38.5. The Hall–Kier alpha value is -3.94. The number of carbonyl (C=O) groups is 3. The SMILES string of the molecule is N=C(N)c1ccc(CC(C(=O)N[C@H](C(=O)NCC2CCC(C(=N)N)CC2)C2CCCCC2)c2cccc(Br)c2)cc1.O=C(O)C(F)(F)F. The van der Waals surface area contributed by atoms with Crippen molar-refractivity contribution in [3.05, 3.63) is 69.7 Å². The number of alkyl halides is 3. The summed E-state index contributed by atoms with van der Waals surface area (Å²) in [6.07, 6.45) is 4.19. The average molecular weight is 738 g/mol. The van der Waals surface area contributed by atoms with Gasteiger partial charge in [0.2, 0.25) is 11.8 Å². The van der Waals surface area contributed by atoms with Crippen LogP contribution in [0.15, 0.2) is 53.0 Å². The molecule has 2 aliphatic rings. The Bertz CT molecular complexity index is 1420. The maximum atomic E-state index is 14.0. The predicted molar refractivity (Wildman–Crippen MR) is 181 cm³/mol. The molecular weight excluding hydrogens is 693 g/mol. The molecular formula is C34H44BrF3N6O4. The molecule has 2 aromatic rings. The highest BCUT2D eigenvalue weighted by molar-refractivity contribution is 9.10. The summed E-state index contributed by atoms with van der Waals surface area (Å²) < 4.78 is 32.6. The largest absolute Gasteiger partial charge is 0.490 e. The Morgan fingerprint density at radius 1 is 0.917 bits per heavy atom. The number of aliphatic carboxylic acids is 1. The van der Waals surface area contributed by atoms with Gasteiger partial charge in [-0.1, -0.05) is 71.6 Å². The van der Waals surface area contributed by atoms with Crippen LogP contribution in [0, 0.1) is 28.6 Å². The fourth-order valence-electron chi connectivity index (χ4n) is 6.29. The van der Waals surface area contributed by atoms with Crippen LogP contribution in [-0.2, 0) is 20.8 Å². The smallest absolute Gasteiger partial charge is 0.475 e. The molecule has 2 fully saturated rings. The lowest BCUT2D eigenvalue weighted by Crippen LogP contribution is -2.53. The number of carboxylic acids is 1. The van der Waals surface area contributed by atoms with Gasteiger partial charge in [-0.05, 0) is 80.0 Å². The fraction of sp³-hybridized carbons (Fsp3) is 0.500. The van der Waals surface area contributed by atoms with Crippen molar-refractivity contribution >= 4 is 45.4 Å². The van der Waals surface area contributed by atoms with E-state index in [1.807, 2.05) is 36.4 Å². The number of hydrogen-bond acceptors (Lipinski definition) is 5. The number of amides is 2.